The predicted molar refractivity (Wildman–Crippen MR) is 66.7 cm³/mol. The summed E-state index contributed by atoms with van der Waals surface area (Å²) in [5, 5.41) is 10.3. The minimum Gasteiger partial charge on any atom is -0.392 e. The van der Waals surface area contributed by atoms with E-state index in [1.165, 1.54) is 0 Å². The van der Waals surface area contributed by atoms with Gasteiger partial charge in [0, 0.05) is 11.3 Å². The zero-order chi connectivity index (χ0) is 12.8. The fraction of sp³-hybridized carbons (Fsp3) is 0.538. The molecular weight excluding hydrogens is 236 g/mol. The number of fused-ring (bicyclic) bond motifs is 1. The molecule has 0 saturated heterocycles. The van der Waals surface area contributed by atoms with Gasteiger partial charge in [-0.1, -0.05) is 39.0 Å². The number of rotatable bonds is 0. The van der Waals surface area contributed by atoms with Crippen LogP contribution in [-0.2, 0) is 9.84 Å². The quantitative estimate of drug-likeness (QED) is 0.770. The maximum atomic E-state index is 12.3. The van der Waals surface area contributed by atoms with E-state index < -0.39 is 21.4 Å². The first-order valence-corrected chi connectivity index (χ1v) is 7.41. The number of hydrogen-bond donors (Lipinski definition) is 1. The molecule has 0 bridgehead atoms. The molecule has 2 rings (SSSR count). The molecule has 3 nitrogen and oxygen atoms in total. The van der Waals surface area contributed by atoms with Crippen molar-refractivity contribution >= 4 is 9.84 Å². The average Bonchev–Trinajstić information content (AvgIpc) is 2.29. The average molecular weight is 254 g/mol. The van der Waals surface area contributed by atoms with Gasteiger partial charge in [-0.15, -0.1) is 0 Å². The molecule has 4 heteroatoms. The molecule has 0 spiro atoms. The van der Waals surface area contributed by atoms with Gasteiger partial charge in [-0.2, -0.15) is 0 Å². The van der Waals surface area contributed by atoms with Gasteiger partial charge in [-0.3, -0.25) is 0 Å². The molecule has 0 saturated carbocycles. The van der Waals surface area contributed by atoms with Crippen LogP contribution in [0, 0.1) is 5.41 Å². The van der Waals surface area contributed by atoms with Crippen LogP contribution in [0.2, 0.25) is 0 Å². The van der Waals surface area contributed by atoms with Gasteiger partial charge in [0.05, 0.1) is 16.8 Å². The van der Waals surface area contributed by atoms with E-state index in [1.54, 1.807) is 32.0 Å². The number of sulfone groups is 1. The summed E-state index contributed by atoms with van der Waals surface area (Å²) >= 11 is 0. The molecule has 1 aromatic rings. The molecular formula is C13H18O3S. The second kappa shape index (κ2) is 3.82. The topological polar surface area (TPSA) is 54.4 Å². The monoisotopic (exact) mass is 254 g/mol. The second-order valence-corrected chi connectivity index (χ2v) is 7.48. The van der Waals surface area contributed by atoms with Gasteiger partial charge >= 0.3 is 0 Å². The minimum atomic E-state index is -3.31. The van der Waals surface area contributed by atoms with Crippen LogP contribution in [0.1, 0.15) is 32.3 Å². The van der Waals surface area contributed by atoms with Crippen molar-refractivity contribution in [3.8, 4) is 0 Å². The standard InChI is InChI=1S/C13H18O3S/c1-9-10-6-4-5-7-11(10)17(15,16)8-13(2,3)12(9)14/h4-7,9,12,14H,8H2,1-3H3/t9-,12-/m1/s1. The van der Waals surface area contributed by atoms with E-state index in [-0.39, 0.29) is 11.7 Å². The third-order valence-corrected chi connectivity index (χ3v) is 5.75. The molecule has 94 valence electrons. The van der Waals surface area contributed by atoms with Crippen molar-refractivity contribution in [2.24, 2.45) is 5.41 Å². The normalized spacial score (nSPS) is 30.4. The smallest absolute Gasteiger partial charge is 0.179 e. The Morgan fingerprint density at radius 3 is 2.53 bits per heavy atom. The van der Waals surface area contributed by atoms with E-state index in [2.05, 4.69) is 0 Å². The summed E-state index contributed by atoms with van der Waals surface area (Å²) in [5.41, 5.74) is 0.0997. The lowest BCUT2D eigenvalue weighted by Crippen LogP contribution is -2.36. The maximum Gasteiger partial charge on any atom is 0.179 e. The maximum absolute atomic E-state index is 12.3. The van der Waals surface area contributed by atoms with E-state index in [9.17, 15) is 13.5 Å². The minimum absolute atomic E-state index is 0.0114. The summed E-state index contributed by atoms with van der Waals surface area (Å²) in [7, 11) is -3.31. The number of aliphatic hydroxyl groups is 1. The molecule has 2 atom stereocenters. The van der Waals surface area contributed by atoms with Crippen LogP contribution in [-0.4, -0.2) is 25.4 Å². The highest BCUT2D eigenvalue weighted by molar-refractivity contribution is 7.91. The van der Waals surface area contributed by atoms with E-state index in [4.69, 9.17) is 0 Å². The summed E-state index contributed by atoms with van der Waals surface area (Å²) in [6.45, 7) is 5.49. The molecule has 1 heterocycles. The van der Waals surface area contributed by atoms with Crippen molar-refractivity contribution in [1.82, 2.24) is 0 Å². The number of aliphatic hydroxyl groups excluding tert-OH is 1. The van der Waals surface area contributed by atoms with Gasteiger partial charge < -0.3 is 5.11 Å². The lowest BCUT2D eigenvalue weighted by atomic mass is 9.79. The van der Waals surface area contributed by atoms with Gasteiger partial charge in [0.2, 0.25) is 0 Å². The molecule has 0 fully saturated rings. The third-order valence-electron chi connectivity index (χ3n) is 3.58. The second-order valence-electron chi connectivity index (χ2n) is 5.52. The van der Waals surface area contributed by atoms with Crippen LogP contribution >= 0.6 is 0 Å². The number of benzene rings is 1. The molecule has 1 aliphatic rings. The van der Waals surface area contributed by atoms with Crippen molar-refractivity contribution in [1.29, 1.82) is 0 Å². The van der Waals surface area contributed by atoms with Crippen molar-refractivity contribution in [3.05, 3.63) is 29.8 Å². The summed E-state index contributed by atoms with van der Waals surface area (Å²) in [6.07, 6.45) is -0.652. The first-order valence-electron chi connectivity index (χ1n) is 5.75. The fourth-order valence-electron chi connectivity index (χ4n) is 2.64. The first-order chi connectivity index (χ1) is 7.76. The van der Waals surface area contributed by atoms with Crippen LogP contribution in [0.25, 0.3) is 0 Å². The highest BCUT2D eigenvalue weighted by Crippen LogP contribution is 2.40. The van der Waals surface area contributed by atoms with Crippen LogP contribution in [0.3, 0.4) is 0 Å². The van der Waals surface area contributed by atoms with E-state index in [1.807, 2.05) is 13.0 Å². The Morgan fingerprint density at radius 2 is 1.88 bits per heavy atom. The number of hydrogen-bond acceptors (Lipinski definition) is 3. The Morgan fingerprint density at radius 1 is 1.29 bits per heavy atom. The lowest BCUT2D eigenvalue weighted by Gasteiger charge is -2.31. The molecule has 0 aliphatic carbocycles. The molecule has 0 radical (unpaired) electrons. The van der Waals surface area contributed by atoms with Gasteiger partial charge in [-0.25, -0.2) is 8.42 Å². The largest absolute Gasteiger partial charge is 0.392 e. The van der Waals surface area contributed by atoms with Gasteiger partial charge in [-0.05, 0) is 11.6 Å². The van der Waals surface area contributed by atoms with Crippen molar-refractivity contribution < 1.29 is 13.5 Å². The Labute approximate surface area is 102 Å². The first kappa shape index (κ1) is 12.6. The summed E-state index contributed by atoms with van der Waals surface area (Å²) in [6, 6.07) is 6.97. The molecule has 1 aliphatic heterocycles. The van der Waals surface area contributed by atoms with Gasteiger partial charge in [0.1, 0.15) is 0 Å². The van der Waals surface area contributed by atoms with Crippen molar-refractivity contribution in [3.63, 3.8) is 0 Å². The molecule has 17 heavy (non-hydrogen) atoms. The highest BCUT2D eigenvalue weighted by atomic mass is 32.2. The lowest BCUT2D eigenvalue weighted by molar-refractivity contribution is 0.0465. The summed E-state index contributed by atoms with van der Waals surface area (Å²) in [4.78, 5) is 0.372. The molecule has 0 aromatic heterocycles. The van der Waals surface area contributed by atoms with E-state index in [0.717, 1.165) is 5.56 Å². The summed E-state index contributed by atoms with van der Waals surface area (Å²) < 4.78 is 24.6. The van der Waals surface area contributed by atoms with E-state index in [0.29, 0.717) is 4.90 Å². The van der Waals surface area contributed by atoms with Gasteiger partial charge in [0.15, 0.2) is 9.84 Å². The molecule has 1 aromatic carbocycles. The molecule has 0 amide bonds. The Bertz CT molecular complexity index is 531. The van der Waals surface area contributed by atoms with Gasteiger partial charge in [0.25, 0.3) is 0 Å². The van der Waals surface area contributed by atoms with Crippen LogP contribution < -0.4 is 0 Å². The third kappa shape index (κ3) is 2.00. The summed E-state index contributed by atoms with van der Waals surface area (Å²) in [5.74, 6) is -0.179. The molecule has 0 unspecified atom stereocenters. The van der Waals surface area contributed by atoms with Crippen molar-refractivity contribution in [2.45, 2.75) is 37.7 Å². The zero-order valence-corrected chi connectivity index (χ0v) is 11.2. The van der Waals surface area contributed by atoms with E-state index >= 15 is 0 Å². The van der Waals surface area contributed by atoms with Crippen LogP contribution in [0.15, 0.2) is 29.2 Å². The SMILES string of the molecule is C[C@@H]1c2ccccc2S(=O)(=O)CC(C)(C)[C@@H]1O. The highest BCUT2D eigenvalue weighted by Gasteiger charge is 2.42. The Hall–Kier alpha value is -0.870. The predicted octanol–water partition coefficient (Wildman–Crippen LogP) is 1.96. The van der Waals surface area contributed by atoms with Crippen LogP contribution in [0.4, 0.5) is 0 Å². The molecule has 1 N–H and O–H groups in total. The zero-order valence-electron chi connectivity index (χ0n) is 10.3. The van der Waals surface area contributed by atoms with Crippen molar-refractivity contribution in [2.75, 3.05) is 5.75 Å². The fourth-order valence-corrected chi connectivity index (χ4v) is 4.84. The van der Waals surface area contributed by atoms with Crippen LogP contribution in [0.5, 0.6) is 0 Å². The Balaban J connectivity index is 2.70. The Kier molecular flexibility index (Phi) is 2.83.